The summed E-state index contributed by atoms with van der Waals surface area (Å²) >= 11 is 0. The Bertz CT molecular complexity index is 520. The number of carbonyl (C=O) groups is 2. The minimum atomic E-state index is -0.354. The van der Waals surface area contributed by atoms with Gasteiger partial charge in [0.2, 0.25) is 0 Å². The summed E-state index contributed by atoms with van der Waals surface area (Å²) in [5.41, 5.74) is 0.477. The molecule has 5 nitrogen and oxygen atoms in total. The quantitative estimate of drug-likeness (QED) is 0.756. The Morgan fingerprint density at radius 2 is 1.78 bits per heavy atom. The standard InChI is InChI=1S/C18H25NO4/c1-3-22-18(21)14-9-11-16(12-10-14)23-13-17(20)19(2)15-7-5-4-6-8-15/h9-12,15H,3-8,13H2,1-2H3. The van der Waals surface area contributed by atoms with Crippen molar-refractivity contribution in [3.05, 3.63) is 29.8 Å². The molecule has 1 aliphatic carbocycles. The van der Waals surface area contributed by atoms with Crippen LogP contribution >= 0.6 is 0 Å². The number of benzene rings is 1. The van der Waals surface area contributed by atoms with Gasteiger partial charge in [-0.05, 0) is 44.0 Å². The zero-order valence-corrected chi connectivity index (χ0v) is 13.9. The minimum absolute atomic E-state index is 0.00799. The molecule has 2 rings (SSSR count). The number of nitrogens with zero attached hydrogens (tertiary/aromatic N) is 1. The predicted octanol–water partition coefficient (Wildman–Crippen LogP) is 3.03. The monoisotopic (exact) mass is 319 g/mol. The normalized spacial score (nSPS) is 15.0. The first-order valence-corrected chi connectivity index (χ1v) is 8.27. The van der Waals surface area contributed by atoms with Gasteiger partial charge in [-0.25, -0.2) is 4.79 Å². The van der Waals surface area contributed by atoms with Crippen LogP contribution in [0.5, 0.6) is 5.75 Å². The highest BCUT2D eigenvalue weighted by molar-refractivity contribution is 5.89. The van der Waals surface area contributed by atoms with E-state index in [9.17, 15) is 9.59 Å². The molecule has 0 aliphatic heterocycles. The van der Waals surface area contributed by atoms with Crippen molar-refractivity contribution in [3.63, 3.8) is 0 Å². The third kappa shape index (κ3) is 4.98. The molecule has 0 spiro atoms. The second-order valence-electron chi connectivity index (χ2n) is 5.83. The summed E-state index contributed by atoms with van der Waals surface area (Å²) in [6.45, 7) is 2.13. The summed E-state index contributed by atoms with van der Waals surface area (Å²) in [5, 5.41) is 0. The van der Waals surface area contributed by atoms with Gasteiger partial charge >= 0.3 is 5.97 Å². The van der Waals surface area contributed by atoms with Crippen LogP contribution in [-0.2, 0) is 9.53 Å². The van der Waals surface area contributed by atoms with E-state index in [0.29, 0.717) is 24.0 Å². The summed E-state index contributed by atoms with van der Waals surface area (Å²) in [7, 11) is 1.85. The smallest absolute Gasteiger partial charge is 0.338 e. The molecule has 1 amide bonds. The van der Waals surface area contributed by atoms with Crippen molar-refractivity contribution in [2.75, 3.05) is 20.3 Å². The second kappa shape index (κ2) is 8.56. The molecular weight excluding hydrogens is 294 g/mol. The maximum atomic E-state index is 12.2. The molecule has 1 aliphatic rings. The van der Waals surface area contributed by atoms with Crippen LogP contribution < -0.4 is 4.74 Å². The number of carbonyl (C=O) groups excluding carboxylic acids is 2. The van der Waals surface area contributed by atoms with E-state index in [1.807, 2.05) is 11.9 Å². The van der Waals surface area contributed by atoms with Crippen LogP contribution in [0.1, 0.15) is 49.4 Å². The average molecular weight is 319 g/mol. The van der Waals surface area contributed by atoms with Crippen molar-refractivity contribution >= 4 is 11.9 Å². The molecule has 0 saturated heterocycles. The van der Waals surface area contributed by atoms with Crippen LogP contribution in [0.2, 0.25) is 0 Å². The molecule has 23 heavy (non-hydrogen) atoms. The molecular formula is C18H25NO4. The fraction of sp³-hybridized carbons (Fsp3) is 0.556. The molecule has 0 aromatic heterocycles. The molecule has 126 valence electrons. The maximum absolute atomic E-state index is 12.2. The maximum Gasteiger partial charge on any atom is 0.338 e. The molecule has 1 aromatic carbocycles. The van der Waals surface area contributed by atoms with Gasteiger partial charge in [0.1, 0.15) is 5.75 Å². The number of amides is 1. The third-order valence-corrected chi connectivity index (χ3v) is 4.24. The van der Waals surface area contributed by atoms with Crippen LogP contribution in [0.25, 0.3) is 0 Å². The van der Waals surface area contributed by atoms with Crippen molar-refractivity contribution in [1.29, 1.82) is 0 Å². The fourth-order valence-electron chi connectivity index (χ4n) is 2.82. The van der Waals surface area contributed by atoms with Gasteiger partial charge in [0.05, 0.1) is 12.2 Å². The number of esters is 1. The summed E-state index contributed by atoms with van der Waals surface area (Å²) in [6, 6.07) is 6.98. The van der Waals surface area contributed by atoms with E-state index in [0.717, 1.165) is 12.8 Å². The number of rotatable bonds is 6. The lowest BCUT2D eigenvalue weighted by molar-refractivity contribution is -0.134. The average Bonchev–Trinajstić information content (AvgIpc) is 2.60. The van der Waals surface area contributed by atoms with E-state index in [1.165, 1.54) is 19.3 Å². The molecule has 5 heteroatoms. The first-order chi connectivity index (χ1) is 11.1. The SMILES string of the molecule is CCOC(=O)c1ccc(OCC(=O)N(C)C2CCCCC2)cc1. The molecule has 1 fully saturated rings. The molecule has 0 unspecified atom stereocenters. The minimum Gasteiger partial charge on any atom is -0.484 e. The molecule has 0 bridgehead atoms. The summed E-state index contributed by atoms with van der Waals surface area (Å²) < 4.78 is 10.5. The number of hydrogen-bond donors (Lipinski definition) is 0. The van der Waals surface area contributed by atoms with Crippen LogP contribution in [0.15, 0.2) is 24.3 Å². The van der Waals surface area contributed by atoms with Crippen molar-refractivity contribution in [1.82, 2.24) is 4.90 Å². The molecule has 0 atom stereocenters. The van der Waals surface area contributed by atoms with E-state index in [-0.39, 0.29) is 18.5 Å². The van der Waals surface area contributed by atoms with Gasteiger partial charge < -0.3 is 14.4 Å². The zero-order valence-electron chi connectivity index (χ0n) is 13.9. The highest BCUT2D eigenvalue weighted by Crippen LogP contribution is 2.22. The Balaban J connectivity index is 1.82. The van der Waals surface area contributed by atoms with E-state index < -0.39 is 0 Å². The highest BCUT2D eigenvalue weighted by atomic mass is 16.5. The van der Waals surface area contributed by atoms with E-state index in [4.69, 9.17) is 9.47 Å². The van der Waals surface area contributed by atoms with E-state index in [2.05, 4.69) is 0 Å². The van der Waals surface area contributed by atoms with Gasteiger partial charge in [-0.2, -0.15) is 0 Å². The second-order valence-corrected chi connectivity index (χ2v) is 5.83. The number of hydrogen-bond acceptors (Lipinski definition) is 4. The predicted molar refractivity (Wildman–Crippen MR) is 87.5 cm³/mol. The van der Waals surface area contributed by atoms with Crippen LogP contribution in [0.3, 0.4) is 0 Å². The van der Waals surface area contributed by atoms with Crippen LogP contribution in [0.4, 0.5) is 0 Å². The largest absolute Gasteiger partial charge is 0.484 e. The highest BCUT2D eigenvalue weighted by Gasteiger charge is 2.22. The number of ether oxygens (including phenoxy) is 2. The van der Waals surface area contributed by atoms with Gasteiger partial charge in [-0.3, -0.25) is 4.79 Å². The van der Waals surface area contributed by atoms with Gasteiger partial charge in [0.15, 0.2) is 6.61 Å². The molecule has 0 heterocycles. The van der Waals surface area contributed by atoms with Crippen molar-refractivity contribution < 1.29 is 19.1 Å². The first kappa shape index (κ1) is 17.3. The van der Waals surface area contributed by atoms with Crippen molar-refractivity contribution in [2.24, 2.45) is 0 Å². The Morgan fingerprint density at radius 3 is 2.39 bits per heavy atom. The molecule has 1 aromatic rings. The van der Waals surface area contributed by atoms with Crippen molar-refractivity contribution in [2.45, 2.75) is 45.1 Å². The number of likely N-dealkylation sites (N-methyl/N-ethyl adjacent to an activating group) is 1. The molecule has 1 saturated carbocycles. The fourth-order valence-corrected chi connectivity index (χ4v) is 2.82. The van der Waals surface area contributed by atoms with Gasteiger partial charge in [0.25, 0.3) is 5.91 Å². The lowest BCUT2D eigenvalue weighted by Gasteiger charge is -2.31. The van der Waals surface area contributed by atoms with Crippen LogP contribution in [0, 0.1) is 0 Å². The van der Waals surface area contributed by atoms with Gasteiger partial charge in [-0.15, -0.1) is 0 Å². The van der Waals surface area contributed by atoms with Gasteiger partial charge in [0, 0.05) is 13.1 Å². The van der Waals surface area contributed by atoms with Crippen LogP contribution in [-0.4, -0.2) is 43.1 Å². The Morgan fingerprint density at radius 1 is 1.13 bits per heavy atom. The summed E-state index contributed by atoms with van der Waals surface area (Å²) in [4.78, 5) is 25.6. The zero-order chi connectivity index (χ0) is 16.7. The van der Waals surface area contributed by atoms with E-state index in [1.54, 1.807) is 31.2 Å². The Kier molecular flexibility index (Phi) is 6.44. The molecule has 0 N–H and O–H groups in total. The lowest BCUT2D eigenvalue weighted by atomic mass is 9.94. The van der Waals surface area contributed by atoms with E-state index >= 15 is 0 Å². The van der Waals surface area contributed by atoms with Gasteiger partial charge in [-0.1, -0.05) is 19.3 Å². The molecule has 0 radical (unpaired) electrons. The third-order valence-electron chi connectivity index (χ3n) is 4.24. The van der Waals surface area contributed by atoms with Crippen molar-refractivity contribution in [3.8, 4) is 5.75 Å². The Labute approximate surface area is 137 Å². The first-order valence-electron chi connectivity index (χ1n) is 8.27. The lowest BCUT2D eigenvalue weighted by Crippen LogP contribution is -2.40. The topological polar surface area (TPSA) is 55.8 Å². The summed E-state index contributed by atoms with van der Waals surface area (Å²) in [6.07, 6.45) is 5.81. The Hall–Kier alpha value is -2.04. The summed E-state index contributed by atoms with van der Waals surface area (Å²) in [5.74, 6) is 0.210.